The summed E-state index contributed by atoms with van der Waals surface area (Å²) in [5, 5.41) is 2.73. The van der Waals surface area contributed by atoms with Gasteiger partial charge in [-0.1, -0.05) is 12.1 Å². The summed E-state index contributed by atoms with van der Waals surface area (Å²) in [6.45, 7) is 4.01. The van der Waals surface area contributed by atoms with E-state index in [-0.39, 0.29) is 18.1 Å². The number of fused-ring (bicyclic) bond motifs is 1. The van der Waals surface area contributed by atoms with Gasteiger partial charge in [-0.05, 0) is 30.3 Å². The van der Waals surface area contributed by atoms with E-state index in [1.807, 2.05) is 36.7 Å². The lowest BCUT2D eigenvalue weighted by Gasteiger charge is -2.39. The molecule has 0 radical (unpaired) electrons. The predicted octanol–water partition coefficient (Wildman–Crippen LogP) is 3.00. The van der Waals surface area contributed by atoms with Gasteiger partial charge in [0, 0.05) is 57.1 Å². The maximum atomic E-state index is 13.6. The van der Waals surface area contributed by atoms with E-state index in [9.17, 15) is 9.18 Å². The number of carbonyl (C=O) groups excluding carboxylic acids is 1. The molecule has 4 heterocycles. The maximum absolute atomic E-state index is 13.6. The lowest BCUT2D eigenvalue weighted by molar-refractivity contribution is 0.0888. The zero-order valence-corrected chi connectivity index (χ0v) is 17.7. The number of para-hydroxylation sites is 2. The fourth-order valence-corrected chi connectivity index (χ4v) is 4.16. The van der Waals surface area contributed by atoms with Crippen molar-refractivity contribution in [3.63, 3.8) is 0 Å². The Hall–Kier alpha value is -3.52. The van der Waals surface area contributed by atoms with Gasteiger partial charge in [-0.25, -0.2) is 9.37 Å². The van der Waals surface area contributed by atoms with Crippen molar-refractivity contribution < 1.29 is 9.18 Å². The number of H-pyrrole nitrogens is 1. The summed E-state index contributed by atoms with van der Waals surface area (Å²) in [6.07, 6.45) is 6.19. The highest BCUT2D eigenvalue weighted by molar-refractivity contribution is 5.93. The monoisotopic (exact) mass is 432 g/mol. The Kier molecular flexibility index (Phi) is 5.68. The van der Waals surface area contributed by atoms with Gasteiger partial charge in [-0.2, -0.15) is 0 Å². The Labute approximate surface area is 185 Å². The number of aromatic amines is 1. The van der Waals surface area contributed by atoms with Gasteiger partial charge >= 0.3 is 0 Å². The number of pyridine rings is 1. The topological polar surface area (TPSA) is 78.8 Å². The minimum Gasteiger partial charge on any atom is -0.353 e. The first-order valence-corrected chi connectivity index (χ1v) is 10.8. The summed E-state index contributed by atoms with van der Waals surface area (Å²) < 4.78 is 15.7. The first kappa shape index (κ1) is 20.4. The average Bonchev–Trinajstić information content (AvgIpc) is 3.41. The van der Waals surface area contributed by atoms with E-state index < -0.39 is 5.82 Å². The van der Waals surface area contributed by atoms with Crippen molar-refractivity contribution >= 4 is 16.9 Å². The molecular weight excluding hydrogens is 407 g/mol. The molecule has 7 nitrogen and oxygen atoms in total. The summed E-state index contributed by atoms with van der Waals surface area (Å²) in [5.41, 5.74) is 2.91. The number of carbonyl (C=O) groups is 1. The summed E-state index contributed by atoms with van der Waals surface area (Å²) in [5.74, 6) is 0.952. The van der Waals surface area contributed by atoms with Gasteiger partial charge in [0.1, 0.15) is 11.6 Å². The van der Waals surface area contributed by atoms with Crippen molar-refractivity contribution in [1.29, 1.82) is 0 Å². The molecule has 1 aromatic carbocycles. The molecule has 0 saturated carbocycles. The van der Waals surface area contributed by atoms with Gasteiger partial charge < -0.3 is 19.8 Å². The number of imidazole rings is 1. The molecule has 1 saturated heterocycles. The van der Waals surface area contributed by atoms with Crippen LogP contribution in [0.15, 0.2) is 61.1 Å². The predicted molar refractivity (Wildman–Crippen MR) is 120 cm³/mol. The number of likely N-dealkylation sites (tertiary alicyclic amines) is 1. The number of benzene rings is 1. The van der Waals surface area contributed by atoms with Gasteiger partial charge in [-0.3, -0.25) is 9.78 Å². The Balaban J connectivity index is 1.06. The van der Waals surface area contributed by atoms with Crippen LogP contribution in [0.4, 0.5) is 4.39 Å². The molecule has 2 N–H and O–H groups in total. The molecule has 0 atom stereocenters. The molecule has 1 fully saturated rings. The zero-order valence-electron chi connectivity index (χ0n) is 17.7. The summed E-state index contributed by atoms with van der Waals surface area (Å²) >= 11 is 0. The molecule has 0 spiro atoms. The molecule has 3 aromatic heterocycles. The molecule has 1 aliphatic heterocycles. The number of hydrogen-bond donors (Lipinski definition) is 2. The van der Waals surface area contributed by atoms with Crippen LogP contribution in [0.3, 0.4) is 0 Å². The van der Waals surface area contributed by atoms with Crippen molar-refractivity contribution in [3.05, 3.63) is 84.0 Å². The van der Waals surface area contributed by atoms with E-state index in [4.69, 9.17) is 0 Å². The van der Waals surface area contributed by atoms with Crippen LogP contribution in [0.2, 0.25) is 0 Å². The quantitative estimate of drug-likeness (QED) is 0.449. The fraction of sp³-hybridized carbons (Fsp3) is 0.292. The third-order valence-electron chi connectivity index (χ3n) is 5.87. The van der Waals surface area contributed by atoms with Crippen molar-refractivity contribution in [2.45, 2.75) is 19.5 Å². The second-order valence-corrected chi connectivity index (χ2v) is 8.29. The van der Waals surface area contributed by atoms with Crippen LogP contribution in [0.5, 0.6) is 0 Å². The van der Waals surface area contributed by atoms with Crippen LogP contribution in [0, 0.1) is 11.7 Å². The van der Waals surface area contributed by atoms with Crippen molar-refractivity contribution in [2.75, 3.05) is 19.6 Å². The van der Waals surface area contributed by atoms with Crippen LogP contribution in [-0.2, 0) is 19.5 Å². The van der Waals surface area contributed by atoms with Crippen molar-refractivity contribution in [2.24, 2.45) is 5.92 Å². The van der Waals surface area contributed by atoms with Crippen LogP contribution in [0.25, 0.3) is 11.0 Å². The molecule has 1 amide bonds. The number of nitrogens with one attached hydrogen (secondary N) is 2. The highest BCUT2D eigenvalue weighted by Crippen LogP contribution is 2.19. The minimum atomic E-state index is -0.416. The Morgan fingerprint density at radius 2 is 2.06 bits per heavy atom. The molecule has 0 aliphatic carbocycles. The first-order valence-electron chi connectivity index (χ1n) is 10.8. The number of nitrogens with zero attached hydrogens (tertiary/aromatic N) is 4. The number of hydrogen-bond acceptors (Lipinski definition) is 4. The van der Waals surface area contributed by atoms with E-state index in [2.05, 4.69) is 29.7 Å². The first-order chi connectivity index (χ1) is 15.6. The number of rotatable bonds is 8. The van der Waals surface area contributed by atoms with Gasteiger partial charge in [0.2, 0.25) is 0 Å². The van der Waals surface area contributed by atoms with Crippen molar-refractivity contribution in [3.8, 4) is 0 Å². The van der Waals surface area contributed by atoms with E-state index >= 15 is 0 Å². The van der Waals surface area contributed by atoms with E-state index in [0.717, 1.165) is 49.5 Å². The Morgan fingerprint density at radius 1 is 1.19 bits per heavy atom. The SMILES string of the molecule is O=C(NCc1ncccc1F)c1ccn(CC2CN(CCc3nc4ccccc4[nH]3)C2)c1. The fourth-order valence-electron chi connectivity index (χ4n) is 4.16. The van der Waals surface area contributed by atoms with E-state index in [1.54, 1.807) is 6.07 Å². The molecule has 8 heteroatoms. The second-order valence-electron chi connectivity index (χ2n) is 8.29. The third kappa shape index (κ3) is 4.55. The largest absolute Gasteiger partial charge is 0.353 e. The van der Waals surface area contributed by atoms with Crippen LogP contribution >= 0.6 is 0 Å². The van der Waals surface area contributed by atoms with Gasteiger partial charge in [0.25, 0.3) is 5.91 Å². The van der Waals surface area contributed by atoms with Gasteiger partial charge in [-0.15, -0.1) is 0 Å². The molecule has 32 heavy (non-hydrogen) atoms. The lowest BCUT2D eigenvalue weighted by atomic mass is 10.00. The van der Waals surface area contributed by atoms with Crippen LogP contribution in [0.1, 0.15) is 21.9 Å². The molecule has 5 rings (SSSR count). The maximum Gasteiger partial charge on any atom is 0.253 e. The molecule has 1 aliphatic rings. The highest BCUT2D eigenvalue weighted by atomic mass is 19.1. The van der Waals surface area contributed by atoms with E-state index in [0.29, 0.717) is 11.5 Å². The summed E-state index contributed by atoms with van der Waals surface area (Å²) in [6, 6.07) is 12.8. The normalized spacial score (nSPS) is 14.5. The molecule has 164 valence electrons. The summed E-state index contributed by atoms with van der Waals surface area (Å²) in [4.78, 5) is 26.8. The molecular formula is C24H25FN6O. The smallest absolute Gasteiger partial charge is 0.253 e. The van der Waals surface area contributed by atoms with Crippen LogP contribution in [-0.4, -0.2) is 50.0 Å². The molecule has 0 unspecified atom stereocenters. The second kappa shape index (κ2) is 8.92. The van der Waals surface area contributed by atoms with Crippen molar-refractivity contribution in [1.82, 2.24) is 29.7 Å². The number of amides is 1. The van der Waals surface area contributed by atoms with E-state index in [1.165, 1.54) is 18.3 Å². The average molecular weight is 433 g/mol. The van der Waals surface area contributed by atoms with Gasteiger partial charge in [0.05, 0.1) is 28.8 Å². The number of halogens is 1. The Bertz CT molecular complexity index is 1190. The summed E-state index contributed by atoms with van der Waals surface area (Å²) in [7, 11) is 0. The standard InChI is InChI=1S/C24H25FN6O/c25-19-4-3-9-26-22(19)12-27-24(32)18-7-10-31(16-18)15-17-13-30(14-17)11-8-23-28-20-5-1-2-6-21(20)29-23/h1-7,9-10,16-17H,8,11-15H2,(H,27,32)(H,28,29). The molecule has 4 aromatic rings. The Morgan fingerprint density at radius 3 is 2.91 bits per heavy atom. The number of aromatic nitrogens is 4. The minimum absolute atomic E-state index is 0.0690. The molecule has 0 bridgehead atoms. The van der Waals surface area contributed by atoms with Gasteiger partial charge in [0.15, 0.2) is 0 Å². The van der Waals surface area contributed by atoms with Crippen LogP contribution < -0.4 is 5.32 Å². The lowest BCUT2D eigenvalue weighted by Crippen LogP contribution is -2.49. The zero-order chi connectivity index (χ0) is 21.9. The third-order valence-corrected chi connectivity index (χ3v) is 5.87. The highest BCUT2D eigenvalue weighted by Gasteiger charge is 2.26.